The van der Waals surface area contributed by atoms with Crippen molar-refractivity contribution in [2.45, 2.75) is 71.8 Å². The second kappa shape index (κ2) is 5.73. The zero-order valence-corrected chi connectivity index (χ0v) is 13.5. The van der Waals surface area contributed by atoms with Gasteiger partial charge in [0, 0.05) is 12.1 Å². The molecule has 0 amide bonds. The summed E-state index contributed by atoms with van der Waals surface area (Å²) in [7, 11) is 0. The van der Waals surface area contributed by atoms with Crippen molar-refractivity contribution in [3.8, 4) is 0 Å². The van der Waals surface area contributed by atoms with E-state index < -0.39 is 0 Å². The van der Waals surface area contributed by atoms with Crippen molar-refractivity contribution in [1.29, 1.82) is 0 Å². The van der Waals surface area contributed by atoms with Gasteiger partial charge in [0.1, 0.15) is 0 Å². The van der Waals surface area contributed by atoms with E-state index in [-0.39, 0.29) is 0 Å². The summed E-state index contributed by atoms with van der Waals surface area (Å²) in [5, 5.41) is 0. The Morgan fingerprint density at radius 1 is 1.16 bits per heavy atom. The maximum Gasteiger partial charge on any atom is 0.0334 e. The van der Waals surface area contributed by atoms with Gasteiger partial charge in [0.05, 0.1) is 0 Å². The third kappa shape index (κ3) is 3.33. The quantitative estimate of drug-likeness (QED) is 0.826. The zero-order valence-electron chi connectivity index (χ0n) is 13.5. The van der Waals surface area contributed by atoms with E-state index in [2.05, 4.69) is 32.6 Å². The summed E-state index contributed by atoms with van der Waals surface area (Å²) >= 11 is 0. The van der Waals surface area contributed by atoms with Crippen molar-refractivity contribution < 1.29 is 0 Å². The molecule has 112 valence electrons. The maximum absolute atomic E-state index is 6.19. The van der Waals surface area contributed by atoms with Crippen LogP contribution in [0.25, 0.3) is 0 Å². The standard InChI is InChI=1S/C17H34N2/c1-14-7-9-17(12-14,13-18)19-10-5-6-15(8-11-19)16(2,3)4/h14-15H,5-13,18H2,1-4H3. The zero-order chi connectivity index (χ0) is 14.1. The van der Waals surface area contributed by atoms with Gasteiger partial charge in [-0.05, 0) is 68.9 Å². The number of nitrogens with two attached hydrogens (primary N) is 1. The molecule has 3 unspecified atom stereocenters. The molecule has 2 nitrogen and oxygen atoms in total. The number of hydrogen-bond acceptors (Lipinski definition) is 2. The third-order valence-corrected chi connectivity index (χ3v) is 5.83. The van der Waals surface area contributed by atoms with Gasteiger partial charge < -0.3 is 5.73 Å². The predicted molar refractivity (Wildman–Crippen MR) is 83.2 cm³/mol. The van der Waals surface area contributed by atoms with E-state index in [4.69, 9.17) is 5.73 Å². The summed E-state index contributed by atoms with van der Waals surface area (Å²) in [6, 6.07) is 0. The maximum atomic E-state index is 6.19. The van der Waals surface area contributed by atoms with Crippen molar-refractivity contribution in [2.24, 2.45) is 23.0 Å². The number of nitrogens with zero attached hydrogens (tertiary/aromatic N) is 1. The van der Waals surface area contributed by atoms with E-state index in [0.29, 0.717) is 11.0 Å². The summed E-state index contributed by atoms with van der Waals surface area (Å²) in [5.41, 5.74) is 7.00. The number of hydrogen-bond donors (Lipinski definition) is 1. The van der Waals surface area contributed by atoms with Crippen LogP contribution in [0.5, 0.6) is 0 Å². The van der Waals surface area contributed by atoms with Crippen molar-refractivity contribution in [3.63, 3.8) is 0 Å². The summed E-state index contributed by atoms with van der Waals surface area (Å²) < 4.78 is 0. The minimum atomic E-state index is 0.339. The van der Waals surface area contributed by atoms with Crippen LogP contribution in [0, 0.1) is 17.3 Å². The monoisotopic (exact) mass is 266 g/mol. The molecule has 2 N–H and O–H groups in total. The predicted octanol–water partition coefficient (Wildman–Crippen LogP) is 3.65. The lowest BCUT2D eigenvalue weighted by Crippen LogP contribution is -2.52. The molecule has 1 saturated carbocycles. The van der Waals surface area contributed by atoms with Crippen LogP contribution in [0.15, 0.2) is 0 Å². The molecule has 2 rings (SSSR count). The molecule has 1 aliphatic heterocycles. The highest BCUT2D eigenvalue weighted by Gasteiger charge is 2.42. The Morgan fingerprint density at radius 2 is 1.89 bits per heavy atom. The average molecular weight is 266 g/mol. The summed E-state index contributed by atoms with van der Waals surface area (Å²) in [5.74, 6) is 1.75. The Balaban J connectivity index is 2.02. The Hall–Kier alpha value is -0.0800. The Kier molecular flexibility index (Phi) is 4.62. The van der Waals surface area contributed by atoms with Crippen LogP contribution in [0.1, 0.15) is 66.2 Å². The number of likely N-dealkylation sites (tertiary alicyclic amines) is 1. The molecule has 2 heteroatoms. The highest BCUT2D eigenvalue weighted by molar-refractivity contribution is 4.99. The fourth-order valence-corrected chi connectivity index (χ4v) is 4.41. The van der Waals surface area contributed by atoms with Crippen LogP contribution < -0.4 is 5.73 Å². The van der Waals surface area contributed by atoms with Gasteiger partial charge in [0.15, 0.2) is 0 Å². The van der Waals surface area contributed by atoms with Gasteiger partial charge in [-0.2, -0.15) is 0 Å². The van der Waals surface area contributed by atoms with Gasteiger partial charge in [-0.3, -0.25) is 4.90 Å². The van der Waals surface area contributed by atoms with Gasteiger partial charge in [0.2, 0.25) is 0 Å². The molecular weight excluding hydrogens is 232 g/mol. The van der Waals surface area contributed by atoms with Crippen LogP contribution >= 0.6 is 0 Å². The first-order chi connectivity index (χ1) is 8.87. The second-order valence-electron chi connectivity index (χ2n) is 8.26. The molecule has 0 bridgehead atoms. The Bertz CT molecular complexity index is 294. The van der Waals surface area contributed by atoms with Crippen LogP contribution in [-0.2, 0) is 0 Å². The molecule has 0 radical (unpaired) electrons. The van der Waals surface area contributed by atoms with Gasteiger partial charge in [0.25, 0.3) is 0 Å². The molecule has 2 fully saturated rings. The minimum Gasteiger partial charge on any atom is -0.329 e. The van der Waals surface area contributed by atoms with E-state index in [9.17, 15) is 0 Å². The van der Waals surface area contributed by atoms with Gasteiger partial charge in [-0.1, -0.05) is 27.7 Å². The topological polar surface area (TPSA) is 29.3 Å². The molecule has 3 atom stereocenters. The fourth-order valence-electron chi connectivity index (χ4n) is 4.41. The van der Waals surface area contributed by atoms with Gasteiger partial charge in [-0.15, -0.1) is 0 Å². The highest BCUT2D eigenvalue weighted by atomic mass is 15.2. The minimum absolute atomic E-state index is 0.339. The van der Waals surface area contributed by atoms with Crippen LogP contribution in [0.2, 0.25) is 0 Å². The molecule has 2 aliphatic rings. The SMILES string of the molecule is CC1CCC(CN)(N2CCCC(C(C)(C)C)CC2)C1. The molecule has 19 heavy (non-hydrogen) atoms. The molecular formula is C17H34N2. The second-order valence-corrected chi connectivity index (χ2v) is 8.26. The van der Waals surface area contributed by atoms with E-state index in [0.717, 1.165) is 18.4 Å². The molecule has 0 aromatic rings. The summed E-state index contributed by atoms with van der Waals surface area (Å²) in [4.78, 5) is 2.77. The van der Waals surface area contributed by atoms with Crippen LogP contribution in [0.4, 0.5) is 0 Å². The normalized spacial score (nSPS) is 38.4. The lowest BCUT2D eigenvalue weighted by molar-refractivity contribution is 0.0950. The highest BCUT2D eigenvalue weighted by Crippen LogP contribution is 2.41. The van der Waals surface area contributed by atoms with Crippen molar-refractivity contribution in [3.05, 3.63) is 0 Å². The molecule has 0 aromatic heterocycles. The molecule has 1 saturated heterocycles. The van der Waals surface area contributed by atoms with Crippen LogP contribution in [0.3, 0.4) is 0 Å². The lowest BCUT2D eigenvalue weighted by atomic mass is 9.76. The molecule has 0 aromatic carbocycles. The first-order valence-electron chi connectivity index (χ1n) is 8.32. The lowest BCUT2D eigenvalue weighted by Gasteiger charge is -2.41. The molecule has 1 aliphatic carbocycles. The Morgan fingerprint density at radius 3 is 2.42 bits per heavy atom. The largest absolute Gasteiger partial charge is 0.329 e. The summed E-state index contributed by atoms with van der Waals surface area (Å²) in [6.45, 7) is 13.0. The first-order valence-corrected chi connectivity index (χ1v) is 8.32. The third-order valence-electron chi connectivity index (χ3n) is 5.83. The molecule has 0 spiro atoms. The Labute approximate surface area is 120 Å². The van der Waals surface area contributed by atoms with Crippen molar-refractivity contribution in [1.82, 2.24) is 4.90 Å². The van der Waals surface area contributed by atoms with E-state index in [1.807, 2.05) is 0 Å². The number of rotatable bonds is 2. The van der Waals surface area contributed by atoms with E-state index in [1.54, 1.807) is 0 Å². The van der Waals surface area contributed by atoms with E-state index >= 15 is 0 Å². The first kappa shape index (κ1) is 15.3. The summed E-state index contributed by atoms with van der Waals surface area (Å²) in [6.07, 6.45) is 8.14. The van der Waals surface area contributed by atoms with Crippen LogP contribution in [-0.4, -0.2) is 30.1 Å². The smallest absolute Gasteiger partial charge is 0.0334 e. The van der Waals surface area contributed by atoms with Gasteiger partial charge >= 0.3 is 0 Å². The van der Waals surface area contributed by atoms with E-state index in [1.165, 1.54) is 51.6 Å². The molecule has 1 heterocycles. The van der Waals surface area contributed by atoms with Crippen molar-refractivity contribution in [2.75, 3.05) is 19.6 Å². The fraction of sp³-hybridized carbons (Fsp3) is 1.00. The van der Waals surface area contributed by atoms with Crippen molar-refractivity contribution >= 4 is 0 Å². The average Bonchev–Trinajstić information content (AvgIpc) is 2.58. The van der Waals surface area contributed by atoms with Gasteiger partial charge in [-0.25, -0.2) is 0 Å².